The minimum absolute atomic E-state index is 0.130. The Kier molecular flexibility index (Phi) is 4.92. The van der Waals surface area contributed by atoms with Crippen LogP contribution < -0.4 is 10.6 Å². The molecule has 21 heavy (non-hydrogen) atoms. The minimum atomic E-state index is -0.130. The Morgan fingerprint density at radius 1 is 1.38 bits per heavy atom. The van der Waals surface area contributed by atoms with Gasteiger partial charge in [0.05, 0.1) is 6.54 Å². The van der Waals surface area contributed by atoms with E-state index < -0.39 is 0 Å². The number of hydrogen-bond acceptors (Lipinski definition) is 4. The van der Waals surface area contributed by atoms with Crippen molar-refractivity contribution >= 4 is 11.7 Å². The van der Waals surface area contributed by atoms with Gasteiger partial charge in [-0.05, 0) is 25.0 Å². The number of amides is 1. The molecule has 0 aliphatic rings. The molecule has 0 fully saturated rings. The predicted octanol–water partition coefficient (Wildman–Crippen LogP) is 2.29. The molecule has 0 unspecified atom stereocenters. The average Bonchev–Trinajstić information content (AvgIpc) is 2.98. The number of nitrogens with one attached hydrogen (secondary N) is 3. The van der Waals surface area contributed by atoms with Crippen molar-refractivity contribution in [1.29, 1.82) is 0 Å². The SMILES string of the molecule is CCNc1cc(C(=O)NCc2ncc[nH]2)cc(C(C)C)n1. The van der Waals surface area contributed by atoms with Crippen molar-refractivity contribution in [2.24, 2.45) is 0 Å². The highest BCUT2D eigenvalue weighted by Crippen LogP contribution is 2.17. The standard InChI is InChI=1S/C15H21N5O/c1-4-16-13-8-11(7-12(20-13)10(2)3)15(21)19-9-14-17-5-6-18-14/h5-8,10H,4,9H2,1-3H3,(H,16,20)(H,17,18)(H,19,21). The van der Waals surface area contributed by atoms with Crippen molar-refractivity contribution in [2.45, 2.75) is 33.2 Å². The summed E-state index contributed by atoms with van der Waals surface area (Å²) in [4.78, 5) is 23.8. The van der Waals surface area contributed by atoms with E-state index >= 15 is 0 Å². The highest BCUT2D eigenvalue weighted by molar-refractivity contribution is 5.94. The predicted molar refractivity (Wildman–Crippen MR) is 82.2 cm³/mol. The summed E-state index contributed by atoms with van der Waals surface area (Å²) in [5.74, 6) is 1.59. The summed E-state index contributed by atoms with van der Waals surface area (Å²) in [6, 6.07) is 3.61. The molecule has 112 valence electrons. The number of H-pyrrole nitrogens is 1. The van der Waals surface area contributed by atoms with Crippen LogP contribution in [-0.4, -0.2) is 27.4 Å². The first kappa shape index (κ1) is 15.0. The van der Waals surface area contributed by atoms with Crippen LogP contribution in [0.15, 0.2) is 24.5 Å². The van der Waals surface area contributed by atoms with E-state index in [2.05, 4.69) is 39.4 Å². The molecule has 0 atom stereocenters. The largest absolute Gasteiger partial charge is 0.370 e. The van der Waals surface area contributed by atoms with Gasteiger partial charge in [0, 0.05) is 30.2 Å². The van der Waals surface area contributed by atoms with E-state index in [1.165, 1.54) is 0 Å². The van der Waals surface area contributed by atoms with Crippen LogP contribution in [0.5, 0.6) is 0 Å². The molecule has 2 aromatic heterocycles. The normalized spacial score (nSPS) is 10.7. The topological polar surface area (TPSA) is 82.7 Å². The first-order valence-corrected chi connectivity index (χ1v) is 7.12. The molecule has 0 saturated carbocycles. The zero-order valence-electron chi connectivity index (χ0n) is 12.6. The monoisotopic (exact) mass is 287 g/mol. The molecule has 6 heteroatoms. The Morgan fingerprint density at radius 2 is 2.19 bits per heavy atom. The molecule has 1 amide bonds. The van der Waals surface area contributed by atoms with Crippen LogP contribution in [0.25, 0.3) is 0 Å². The van der Waals surface area contributed by atoms with E-state index in [-0.39, 0.29) is 11.8 Å². The Hall–Kier alpha value is -2.37. The lowest BCUT2D eigenvalue weighted by molar-refractivity contribution is 0.0950. The number of carbonyl (C=O) groups excluding carboxylic acids is 1. The number of imidazole rings is 1. The second kappa shape index (κ2) is 6.88. The van der Waals surface area contributed by atoms with Gasteiger partial charge < -0.3 is 15.6 Å². The molecule has 0 aliphatic heterocycles. The summed E-state index contributed by atoms with van der Waals surface area (Å²) in [5, 5.41) is 6.01. The molecule has 0 aromatic carbocycles. The van der Waals surface area contributed by atoms with Crippen LogP contribution in [0.4, 0.5) is 5.82 Å². The van der Waals surface area contributed by atoms with E-state index in [1.54, 1.807) is 18.5 Å². The number of anilines is 1. The van der Waals surface area contributed by atoms with E-state index in [0.717, 1.165) is 23.9 Å². The molecular weight excluding hydrogens is 266 g/mol. The van der Waals surface area contributed by atoms with Crippen molar-refractivity contribution < 1.29 is 4.79 Å². The molecule has 0 saturated heterocycles. The summed E-state index contributed by atoms with van der Waals surface area (Å²) in [5.41, 5.74) is 1.51. The van der Waals surface area contributed by atoms with Gasteiger partial charge in [0.25, 0.3) is 5.91 Å². The zero-order valence-corrected chi connectivity index (χ0v) is 12.6. The van der Waals surface area contributed by atoms with Crippen LogP contribution in [0.1, 0.15) is 48.6 Å². The lowest BCUT2D eigenvalue weighted by Crippen LogP contribution is -2.24. The van der Waals surface area contributed by atoms with Crippen molar-refractivity contribution in [3.63, 3.8) is 0 Å². The number of aromatic amines is 1. The van der Waals surface area contributed by atoms with Gasteiger partial charge in [0.2, 0.25) is 0 Å². The summed E-state index contributed by atoms with van der Waals surface area (Å²) in [7, 11) is 0. The maximum atomic E-state index is 12.3. The molecular formula is C15H21N5O. The number of hydrogen-bond donors (Lipinski definition) is 3. The number of pyridine rings is 1. The molecule has 0 radical (unpaired) electrons. The summed E-state index contributed by atoms with van der Waals surface area (Å²) >= 11 is 0. The maximum Gasteiger partial charge on any atom is 0.251 e. The lowest BCUT2D eigenvalue weighted by Gasteiger charge is -2.11. The van der Waals surface area contributed by atoms with Gasteiger partial charge in [-0.1, -0.05) is 13.8 Å². The third-order valence-corrected chi connectivity index (χ3v) is 3.03. The summed E-state index contributed by atoms with van der Waals surface area (Å²) < 4.78 is 0. The van der Waals surface area contributed by atoms with Crippen LogP contribution in [0.3, 0.4) is 0 Å². The van der Waals surface area contributed by atoms with Gasteiger partial charge in [0.15, 0.2) is 0 Å². The van der Waals surface area contributed by atoms with E-state index in [4.69, 9.17) is 0 Å². The Labute approximate surface area is 124 Å². The van der Waals surface area contributed by atoms with Gasteiger partial charge in [-0.2, -0.15) is 0 Å². The number of carbonyl (C=O) groups is 1. The smallest absolute Gasteiger partial charge is 0.251 e. The third kappa shape index (κ3) is 4.05. The van der Waals surface area contributed by atoms with Crippen LogP contribution >= 0.6 is 0 Å². The number of rotatable bonds is 6. The molecule has 0 bridgehead atoms. The van der Waals surface area contributed by atoms with Crippen LogP contribution in [0.2, 0.25) is 0 Å². The Balaban J connectivity index is 2.14. The molecule has 2 rings (SSSR count). The van der Waals surface area contributed by atoms with Crippen molar-refractivity contribution in [2.75, 3.05) is 11.9 Å². The molecule has 0 spiro atoms. The fourth-order valence-electron chi connectivity index (χ4n) is 1.91. The third-order valence-electron chi connectivity index (χ3n) is 3.03. The van der Waals surface area contributed by atoms with Gasteiger partial charge in [-0.25, -0.2) is 9.97 Å². The first-order valence-electron chi connectivity index (χ1n) is 7.12. The highest BCUT2D eigenvalue weighted by Gasteiger charge is 2.12. The number of aromatic nitrogens is 3. The van der Waals surface area contributed by atoms with Gasteiger partial charge in [-0.15, -0.1) is 0 Å². The second-order valence-corrected chi connectivity index (χ2v) is 5.07. The maximum absolute atomic E-state index is 12.3. The molecule has 0 aliphatic carbocycles. The molecule has 3 N–H and O–H groups in total. The zero-order chi connectivity index (χ0) is 15.2. The van der Waals surface area contributed by atoms with Gasteiger partial charge in [0.1, 0.15) is 11.6 Å². The van der Waals surface area contributed by atoms with E-state index in [1.807, 2.05) is 13.0 Å². The van der Waals surface area contributed by atoms with E-state index in [0.29, 0.717) is 12.1 Å². The Morgan fingerprint density at radius 3 is 2.81 bits per heavy atom. The average molecular weight is 287 g/mol. The van der Waals surface area contributed by atoms with Crippen LogP contribution in [-0.2, 0) is 6.54 Å². The minimum Gasteiger partial charge on any atom is -0.370 e. The highest BCUT2D eigenvalue weighted by atomic mass is 16.1. The van der Waals surface area contributed by atoms with Crippen molar-refractivity contribution in [3.05, 3.63) is 41.6 Å². The van der Waals surface area contributed by atoms with Crippen molar-refractivity contribution in [1.82, 2.24) is 20.3 Å². The molecule has 2 heterocycles. The van der Waals surface area contributed by atoms with Gasteiger partial charge >= 0.3 is 0 Å². The second-order valence-electron chi connectivity index (χ2n) is 5.07. The first-order chi connectivity index (χ1) is 10.1. The summed E-state index contributed by atoms with van der Waals surface area (Å²) in [6.45, 7) is 7.26. The quantitative estimate of drug-likeness (QED) is 0.761. The van der Waals surface area contributed by atoms with Crippen molar-refractivity contribution in [3.8, 4) is 0 Å². The fourth-order valence-corrected chi connectivity index (χ4v) is 1.91. The lowest BCUT2D eigenvalue weighted by atomic mass is 10.1. The summed E-state index contributed by atoms with van der Waals surface area (Å²) in [6.07, 6.45) is 3.39. The Bertz CT molecular complexity index is 592. The van der Waals surface area contributed by atoms with E-state index in [9.17, 15) is 4.79 Å². The molecule has 2 aromatic rings. The number of nitrogens with zero attached hydrogens (tertiary/aromatic N) is 2. The van der Waals surface area contributed by atoms with Crippen LogP contribution in [0, 0.1) is 0 Å². The molecule has 6 nitrogen and oxygen atoms in total. The fraction of sp³-hybridized carbons (Fsp3) is 0.400. The van der Waals surface area contributed by atoms with Gasteiger partial charge in [-0.3, -0.25) is 4.79 Å².